The molecule has 0 aliphatic carbocycles. The van der Waals surface area contributed by atoms with Crippen molar-refractivity contribution in [2.45, 2.75) is 19.4 Å². The van der Waals surface area contributed by atoms with Gasteiger partial charge in [0.1, 0.15) is 6.10 Å². The van der Waals surface area contributed by atoms with E-state index in [-0.39, 0.29) is 0 Å². The fraction of sp³-hybridized carbons (Fsp3) is 0.300. The molecule has 0 bridgehead atoms. The van der Waals surface area contributed by atoms with Gasteiger partial charge in [0.05, 0.1) is 10.7 Å². The summed E-state index contributed by atoms with van der Waals surface area (Å²) in [6.07, 6.45) is 1.28. The Labute approximate surface area is 82.6 Å². The number of hydrogen-bond acceptors (Lipinski definition) is 2. The summed E-state index contributed by atoms with van der Waals surface area (Å²) in [5.41, 5.74) is 0.493. The van der Waals surface area contributed by atoms with E-state index in [0.717, 1.165) is 0 Å². The maximum absolute atomic E-state index is 9.58. The molecule has 0 fully saturated rings. The second-order valence-electron chi connectivity index (χ2n) is 2.52. The highest BCUT2D eigenvalue weighted by atomic mass is 35.5. The minimum Gasteiger partial charge on any atom is -0.386 e. The first kappa shape index (κ1) is 10.0. The van der Waals surface area contributed by atoms with Crippen molar-refractivity contribution in [2.24, 2.45) is 0 Å². The van der Waals surface area contributed by atoms with Crippen LogP contribution in [0.2, 0.25) is 5.02 Å². The maximum atomic E-state index is 9.58. The third-order valence-electron chi connectivity index (χ3n) is 1.57. The van der Waals surface area contributed by atoms with Gasteiger partial charge in [-0.05, 0) is 19.1 Å². The van der Waals surface area contributed by atoms with Crippen LogP contribution in [-0.4, -0.2) is 10.1 Å². The molecule has 0 spiro atoms. The Morgan fingerprint density at radius 3 is 3.08 bits per heavy atom. The predicted molar refractivity (Wildman–Crippen MR) is 52.3 cm³/mol. The van der Waals surface area contributed by atoms with Gasteiger partial charge in [0.15, 0.2) is 0 Å². The van der Waals surface area contributed by atoms with Crippen molar-refractivity contribution in [3.8, 4) is 11.8 Å². The normalized spacial score (nSPS) is 11.6. The first-order chi connectivity index (χ1) is 6.25. The number of halogens is 1. The summed E-state index contributed by atoms with van der Waals surface area (Å²) in [6, 6.07) is 3.43. The quantitative estimate of drug-likeness (QED) is 0.734. The third-order valence-corrected chi connectivity index (χ3v) is 1.89. The lowest BCUT2D eigenvalue weighted by Crippen LogP contribution is -1.99. The summed E-state index contributed by atoms with van der Waals surface area (Å²) in [6.45, 7) is 1.73. The van der Waals surface area contributed by atoms with Gasteiger partial charge in [0, 0.05) is 12.6 Å². The Kier molecular flexibility index (Phi) is 3.75. The molecule has 3 heteroatoms. The zero-order valence-corrected chi connectivity index (χ0v) is 8.04. The van der Waals surface area contributed by atoms with Crippen LogP contribution in [-0.2, 0) is 0 Å². The van der Waals surface area contributed by atoms with Crippen LogP contribution in [0.4, 0.5) is 0 Å². The molecule has 13 heavy (non-hydrogen) atoms. The summed E-state index contributed by atoms with van der Waals surface area (Å²) in [7, 11) is 0. The van der Waals surface area contributed by atoms with Gasteiger partial charge < -0.3 is 5.11 Å². The second-order valence-corrected chi connectivity index (χ2v) is 2.92. The molecule has 2 nitrogen and oxygen atoms in total. The van der Waals surface area contributed by atoms with Gasteiger partial charge in [-0.1, -0.05) is 11.6 Å². The van der Waals surface area contributed by atoms with Crippen LogP contribution in [0.1, 0.15) is 25.1 Å². The molecular weight excluding hydrogens is 186 g/mol. The lowest BCUT2D eigenvalue weighted by atomic mass is 10.2. The molecule has 0 radical (unpaired) electrons. The van der Waals surface area contributed by atoms with Crippen molar-refractivity contribution in [1.29, 1.82) is 0 Å². The van der Waals surface area contributed by atoms with Gasteiger partial charge >= 0.3 is 0 Å². The molecule has 1 rings (SSSR count). The SMILES string of the molecule is CC#CCC(O)c1ncccc1Cl. The van der Waals surface area contributed by atoms with E-state index < -0.39 is 6.10 Å². The fourth-order valence-corrected chi connectivity index (χ4v) is 1.19. The Morgan fingerprint density at radius 1 is 1.69 bits per heavy atom. The molecule has 1 aromatic rings. The van der Waals surface area contributed by atoms with Crippen molar-refractivity contribution < 1.29 is 5.11 Å². The molecule has 1 aromatic heterocycles. The molecule has 0 aromatic carbocycles. The van der Waals surface area contributed by atoms with E-state index in [4.69, 9.17) is 11.6 Å². The van der Waals surface area contributed by atoms with Gasteiger partial charge in [0.25, 0.3) is 0 Å². The first-order valence-corrected chi connectivity index (χ1v) is 4.31. The molecule has 0 aliphatic heterocycles. The average molecular weight is 196 g/mol. The van der Waals surface area contributed by atoms with Crippen LogP contribution in [0.5, 0.6) is 0 Å². The standard InChI is InChI=1S/C10H10ClNO/c1-2-3-6-9(13)10-8(11)5-4-7-12-10/h4-5,7,9,13H,6H2,1H3. The fourth-order valence-electron chi connectivity index (χ4n) is 0.939. The van der Waals surface area contributed by atoms with Gasteiger partial charge in [-0.25, -0.2) is 0 Å². The van der Waals surface area contributed by atoms with Crippen molar-refractivity contribution in [1.82, 2.24) is 4.98 Å². The predicted octanol–water partition coefficient (Wildman–Crippen LogP) is 2.18. The van der Waals surface area contributed by atoms with Gasteiger partial charge in [-0.2, -0.15) is 0 Å². The first-order valence-electron chi connectivity index (χ1n) is 3.93. The van der Waals surface area contributed by atoms with E-state index in [2.05, 4.69) is 16.8 Å². The van der Waals surface area contributed by atoms with Gasteiger partial charge in [-0.3, -0.25) is 4.98 Å². The van der Waals surface area contributed by atoms with E-state index in [1.54, 1.807) is 25.3 Å². The minimum absolute atomic E-state index is 0.368. The van der Waals surface area contributed by atoms with E-state index in [1.807, 2.05) is 0 Å². The molecule has 1 unspecified atom stereocenters. The molecule has 0 amide bonds. The molecule has 1 N–H and O–H groups in total. The van der Waals surface area contributed by atoms with Crippen LogP contribution >= 0.6 is 11.6 Å². The van der Waals surface area contributed by atoms with Crippen molar-refractivity contribution >= 4 is 11.6 Å². The van der Waals surface area contributed by atoms with E-state index in [0.29, 0.717) is 17.1 Å². The largest absolute Gasteiger partial charge is 0.386 e. The smallest absolute Gasteiger partial charge is 0.108 e. The average Bonchev–Trinajstić information content (AvgIpc) is 2.15. The highest BCUT2D eigenvalue weighted by molar-refractivity contribution is 6.31. The summed E-state index contributed by atoms with van der Waals surface area (Å²) in [5, 5.41) is 10.1. The zero-order valence-electron chi connectivity index (χ0n) is 7.29. The summed E-state index contributed by atoms with van der Waals surface area (Å²) >= 11 is 5.83. The number of aliphatic hydroxyl groups is 1. The topological polar surface area (TPSA) is 33.1 Å². The second kappa shape index (κ2) is 4.86. The molecular formula is C10H10ClNO. The van der Waals surface area contributed by atoms with Crippen LogP contribution in [0.3, 0.4) is 0 Å². The van der Waals surface area contributed by atoms with Gasteiger partial charge in [0.2, 0.25) is 0 Å². The third kappa shape index (κ3) is 2.73. The highest BCUT2D eigenvalue weighted by Gasteiger charge is 2.10. The van der Waals surface area contributed by atoms with Gasteiger partial charge in [-0.15, -0.1) is 11.8 Å². The number of aromatic nitrogens is 1. The van der Waals surface area contributed by atoms with E-state index in [1.165, 1.54) is 0 Å². The number of aliphatic hydroxyl groups excluding tert-OH is 1. The highest BCUT2D eigenvalue weighted by Crippen LogP contribution is 2.21. The lowest BCUT2D eigenvalue weighted by Gasteiger charge is -2.07. The van der Waals surface area contributed by atoms with Crippen molar-refractivity contribution in [2.75, 3.05) is 0 Å². The lowest BCUT2D eigenvalue weighted by molar-refractivity contribution is 0.179. The van der Waals surface area contributed by atoms with Crippen LogP contribution in [0.25, 0.3) is 0 Å². The van der Waals surface area contributed by atoms with Crippen molar-refractivity contribution in [3.05, 3.63) is 29.0 Å². The molecule has 0 saturated heterocycles. The summed E-state index contributed by atoms with van der Waals surface area (Å²) in [4.78, 5) is 3.98. The molecule has 0 aliphatic rings. The molecule has 1 heterocycles. The van der Waals surface area contributed by atoms with Crippen LogP contribution < -0.4 is 0 Å². The zero-order chi connectivity index (χ0) is 9.68. The minimum atomic E-state index is -0.693. The Balaban J connectivity index is 2.80. The summed E-state index contributed by atoms with van der Waals surface area (Å²) < 4.78 is 0. The Morgan fingerprint density at radius 2 is 2.46 bits per heavy atom. The van der Waals surface area contributed by atoms with Crippen LogP contribution in [0, 0.1) is 11.8 Å². The van der Waals surface area contributed by atoms with Crippen LogP contribution in [0.15, 0.2) is 18.3 Å². The Bertz CT molecular complexity index is 340. The number of rotatable bonds is 2. The molecule has 1 atom stereocenters. The number of nitrogens with zero attached hydrogens (tertiary/aromatic N) is 1. The number of hydrogen-bond donors (Lipinski definition) is 1. The van der Waals surface area contributed by atoms with Crippen molar-refractivity contribution in [3.63, 3.8) is 0 Å². The van der Waals surface area contributed by atoms with E-state index >= 15 is 0 Å². The summed E-state index contributed by atoms with van der Waals surface area (Å²) in [5.74, 6) is 5.48. The Hall–Kier alpha value is -1.04. The molecule has 68 valence electrons. The van der Waals surface area contributed by atoms with E-state index in [9.17, 15) is 5.11 Å². The number of pyridine rings is 1. The maximum Gasteiger partial charge on any atom is 0.108 e. The molecule has 0 saturated carbocycles. The monoisotopic (exact) mass is 195 g/mol.